The van der Waals surface area contributed by atoms with Crippen LogP contribution in [0.3, 0.4) is 0 Å². The van der Waals surface area contributed by atoms with E-state index in [2.05, 4.69) is 33.8 Å². The number of aromatic nitrogens is 3. The normalized spacial score (nSPS) is 23.4. The number of carbonyl (C=O) groups is 1. The average Bonchev–Trinajstić information content (AvgIpc) is 3.20. The number of halogens is 1. The van der Waals surface area contributed by atoms with Crippen LogP contribution in [0.5, 0.6) is 0 Å². The quantitative estimate of drug-likeness (QED) is 0.634. The van der Waals surface area contributed by atoms with Crippen LogP contribution in [0, 0.1) is 11.7 Å². The highest BCUT2D eigenvalue weighted by molar-refractivity contribution is 6.26. The average molecular weight is 432 g/mol. The number of piperazine rings is 1. The maximum absolute atomic E-state index is 14.2. The molecule has 0 aromatic carbocycles. The Balaban J connectivity index is 1.39. The van der Waals surface area contributed by atoms with Crippen molar-refractivity contribution in [1.82, 2.24) is 19.3 Å². The number of imidazole rings is 1. The third-order valence-corrected chi connectivity index (χ3v) is 7.32. The number of allylic oxidation sites excluding steroid dienone is 1. The Morgan fingerprint density at radius 1 is 1.06 bits per heavy atom. The molecule has 3 aromatic rings. The Hall–Kier alpha value is -3.06. The lowest BCUT2D eigenvalue weighted by molar-refractivity contribution is -0.120. The van der Waals surface area contributed by atoms with Crippen LogP contribution in [-0.2, 0) is 4.79 Å². The van der Waals surface area contributed by atoms with Gasteiger partial charge in [-0.3, -0.25) is 4.79 Å². The Bertz CT molecular complexity index is 1240. The standard InChI is InChI=1S/C25H26FN5O/c1-2-29-10-12-30(13-11-29)22-8-5-16-14-19(24(32)18-7-6-17(18)23(16)28-22)21-15-31-9-3-4-20(26)25(31)27-21/h3-5,8-9,14-15,17-18H,2,6-7,10-13H2,1H3. The number of hydrogen-bond acceptors (Lipinski definition) is 5. The number of anilines is 1. The predicted octanol–water partition coefficient (Wildman–Crippen LogP) is 3.63. The van der Waals surface area contributed by atoms with Gasteiger partial charge in [0.15, 0.2) is 17.2 Å². The Morgan fingerprint density at radius 2 is 1.88 bits per heavy atom. The first-order chi connectivity index (χ1) is 15.6. The van der Waals surface area contributed by atoms with Crippen LogP contribution in [0.4, 0.5) is 10.2 Å². The van der Waals surface area contributed by atoms with Gasteiger partial charge >= 0.3 is 0 Å². The van der Waals surface area contributed by atoms with Crippen LogP contribution < -0.4 is 4.90 Å². The number of likely N-dealkylation sites (N-methyl/N-ethyl adjacent to an activating group) is 1. The molecule has 2 atom stereocenters. The first kappa shape index (κ1) is 19.6. The molecule has 3 aliphatic rings. The van der Waals surface area contributed by atoms with E-state index in [1.165, 1.54) is 6.07 Å². The lowest BCUT2D eigenvalue weighted by atomic mass is 9.69. The fourth-order valence-corrected chi connectivity index (χ4v) is 5.24. The van der Waals surface area contributed by atoms with E-state index >= 15 is 0 Å². The number of pyridine rings is 2. The van der Waals surface area contributed by atoms with Gasteiger partial charge in [-0.25, -0.2) is 14.4 Å². The highest BCUT2D eigenvalue weighted by Crippen LogP contribution is 2.48. The molecule has 6 nitrogen and oxygen atoms in total. The summed E-state index contributed by atoms with van der Waals surface area (Å²) >= 11 is 0. The van der Waals surface area contributed by atoms with Gasteiger partial charge in [-0.2, -0.15) is 0 Å². The van der Waals surface area contributed by atoms with Crippen molar-refractivity contribution in [1.29, 1.82) is 0 Å². The number of nitrogens with zero attached hydrogens (tertiary/aromatic N) is 5. The van der Waals surface area contributed by atoms with Gasteiger partial charge in [0.05, 0.1) is 11.4 Å². The molecule has 7 heteroatoms. The molecule has 2 fully saturated rings. The summed E-state index contributed by atoms with van der Waals surface area (Å²) in [6.07, 6.45) is 7.26. The zero-order chi connectivity index (χ0) is 21.8. The Labute approximate surface area is 186 Å². The van der Waals surface area contributed by atoms with E-state index < -0.39 is 5.82 Å². The van der Waals surface area contributed by atoms with E-state index in [1.54, 1.807) is 22.9 Å². The van der Waals surface area contributed by atoms with Gasteiger partial charge in [-0.1, -0.05) is 6.92 Å². The topological polar surface area (TPSA) is 53.7 Å². The Kier molecular flexibility index (Phi) is 4.61. The van der Waals surface area contributed by atoms with Gasteiger partial charge in [0, 0.05) is 56.0 Å². The molecule has 0 bridgehead atoms. The van der Waals surface area contributed by atoms with Crippen LogP contribution in [0.15, 0.2) is 36.7 Å². The molecule has 0 radical (unpaired) electrons. The summed E-state index contributed by atoms with van der Waals surface area (Å²) in [5, 5.41) is 0. The zero-order valence-electron chi connectivity index (χ0n) is 18.2. The smallest absolute Gasteiger partial charge is 0.173 e. The highest BCUT2D eigenvalue weighted by atomic mass is 19.1. The molecule has 1 saturated heterocycles. The summed E-state index contributed by atoms with van der Waals surface area (Å²) in [4.78, 5) is 27.8. The van der Waals surface area contributed by atoms with Crippen LogP contribution in [0.1, 0.15) is 42.6 Å². The van der Waals surface area contributed by atoms with Crippen molar-refractivity contribution in [2.24, 2.45) is 5.92 Å². The molecule has 1 aliphatic heterocycles. The summed E-state index contributed by atoms with van der Waals surface area (Å²) in [5.74, 6) is 0.788. The fourth-order valence-electron chi connectivity index (χ4n) is 5.24. The molecule has 0 spiro atoms. The second kappa shape index (κ2) is 7.52. The molecular weight excluding hydrogens is 405 g/mol. The van der Waals surface area contributed by atoms with Crippen LogP contribution in [0.2, 0.25) is 0 Å². The molecule has 2 unspecified atom stereocenters. The molecule has 4 heterocycles. The minimum atomic E-state index is -0.392. The van der Waals surface area contributed by atoms with E-state index in [0.29, 0.717) is 11.3 Å². The number of hydrogen-bond donors (Lipinski definition) is 0. The molecule has 1 saturated carbocycles. The van der Waals surface area contributed by atoms with Crippen LogP contribution in [0.25, 0.3) is 17.3 Å². The van der Waals surface area contributed by atoms with Crippen molar-refractivity contribution >= 4 is 28.9 Å². The maximum Gasteiger partial charge on any atom is 0.173 e. The summed E-state index contributed by atoms with van der Waals surface area (Å²) in [6.45, 7) is 7.33. The van der Waals surface area contributed by atoms with Crippen molar-refractivity contribution in [3.63, 3.8) is 0 Å². The lowest BCUT2D eigenvalue weighted by Gasteiger charge is -2.37. The van der Waals surface area contributed by atoms with Gasteiger partial charge in [0.1, 0.15) is 5.82 Å². The third-order valence-electron chi connectivity index (χ3n) is 7.32. The van der Waals surface area contributed by atoms with E-state index in [0.717, 1.165) is 62.6 Å². The first-order valence-corrected chi connectivity index (χ1v) is 11.5. The number of carbonyl (C=O) groups excluding carboxylic acids is 1. The van der Waals surface area contributed by atoms with E-state index in [9.17, 15) is 9.18 Å². The molecule has 6 rings (SSSR count). The summed E-state index contributed by atoms with van der Waals surface area (Å²) < 4.78 is 15.8. The monoisotopic (exact) mass is 431 g/mol. The van der Waals surface area contributed by atoms with E-state index in [-0.39, 0.29) is 23.3 Å². The largest absolute Gasteiger partial charge is 0.354 e. The van der Waals surface area contributed by atoms with Gasteiger partial charge < -0.3 is 14.2 Å². The summed E-state index contributed by atoms with van der Waals surface area (Å²) in [7, 11) is 0. The summed E-state index contributed by atoms with van der Waals surface area (Å²) in [5.41, 5.74) is 3.33. The molecule has 3 aromatic heterocycles. The second-order valence-corrected chi connectivity index (χ2v) is 8.99. The van der Waals surface area contributed by atoms with E-state index in [1.807, 2.05) is 6.08 Å². The number of fused-ring (bicyclic) bond motifs is 4. The number of Topliss-reactive ketones (excluding diaryl/α,β-unsaturated/α-hetero) is 1. The van der Waals surface area contributed by atoms with Gasteiger partial charge in [-0.05, 0) is 55.3 Å². The number of ketones is 1. The predicted molar refractivity (Wildman–Crippen MR) is 122 cm³/mol. The van der Waals surface area contributed by atoms with Crippen LogP contribution in [-0.4, -0.2) is 57.8 Å². The van der Waals surface area contributed by atoms with Crippen molar-refractivity contribution in [2.75, 3.05) is 37.6 Å². The second-order valence-electron chi connectivity index (χ2n) is 8.99. The lowest BCUT2D eigenvalue weighted by Crippen LogP contribution is -2.46. The van der Waals surface area contributed by atoms with Gasteiger partial charge in [0.25, 0.3) is 0 Å². The SMILES string of the molecule is CCN1CCN(c2ccc3c(n2)C2CCC2C(=O)C(c2cn4cccc(F)c4n2)=C3)CC1. The first-order valence-electron chi connectivity index (χ1n) is 11.5. The van der Waals surface area contributed by atoms with E-state index in [4.69, 9.17) is 4.98 Å². The van der Waals surface area contributed by atoms with Gasteiger partial charge in [0.2, 0.25) is 0 Å². The Morgan fingerprint density at radius 3 is 2.59 bits per heavy atom. The fraction of sp³-hybridized carbons (Fsp3) is 0.400. The minimum Gasteiger partial charge on any atom is -0.354 e. The highest BCUT2D eigenvalue weighted by Gasteiger charge is 2.43. The number of rotatable bonds is 3. The van der Waals surface area contributed by atoms with Crippen molar-refractivity contribution in [3.8, 4) is 0 Å². The zero-order valence-corrected chi connectivity index (χ0v) is 18.2. The van der Waals surface area contributed by atoms with Crippen molar-refractivity contribution in [3.05, 3.63) is 59.4 Å². The van der Waals surface area contributed by atoms with Gasteiger partial charge in [-0.15, -0.1) is 0 Å². The van der Waals surface area contributed by atoms with Crippen LogP contribution >= 0.6 is 0 Å². The van der Waals surface area contributed by atoms with Crippen molar-refractivity contribution in [2.45, 2.75) is 25.7 Å². The summed E-state index contributed by atoms with van der Waals surface area (Å²) in [6, 6.07) is 7.19. The van der Waals surface area contributed by atoms with Crippen molar-refractivity contribution < 1.29 is 9.18 Å². The molecule has 0 N–H and O–H groups in total. The third kappa shape index (κ3) is 3.06. The molecule has 32 heavy (non-hydrogen) atoms. The minimum absolute atomic E-state index is 0.0724. The maximum atomic E-state index is 14.2. The molecular formula is C25H26FN5O. The molecule has 2 aliphatic carbocycles. The molecule has 164 valence electrons. The molecule has 0 amide bonds.